The second-order valence-corrected chi connectivity index (χ2v) is 9.80. The van der Waals surface area contributed by atoms with Gasteiger partial charge in [0.15, 0.2) is 0 Å². The molecule has 0 saturated carbocycles. The Morgan fingerprint density at radius 3 is 0.860 bits per heavy atom. The van der Waals surface area contributed by atoms with Crippen LogP contribution in [0.4, 0.5) is 0 Å². The van der Waals surface area contributed by atoms with Gasteiger partial charge in [-0.2, -0.15) is 0 Å². The number of aryl methyl sites for hydroxylation is 3. The van der Waals surface area contributed by atoms with Crippen LogP contribution in [0.2, 0.25) is 0 Å². The standard InChI is InChI=1S/3C12H10O2.Ga/c3*1-8-6-7-9-4-2-3-5-10(9)11(8)12(13)14;/h3*2-7H,1H3,(H,13,14);/q;;;+3/p-3. The van der Waals surface area contributed by atoms with Gasteiger partial charge in [-0.05, 0) is 69.8 Å². The van der Waals surface area contributed by atoms with Gasteiger partial charge in [0.1, 0.15) is 0 Å². The Morgan fingerprint density at radius 2 is 0.628 bits per heavy atom. The van der Waals surface area contributed by atoms with Gasteiger partial charge in [-0.25, -0.2) is 0 Å². The minimum atomic E-state index is -1.11. The van der Waals surface area contributed by atoms with Crippen LogP contribution in [-0.4, -0.2) is 37.7 Å². The average molecular weight is 625 g/mol. The van der Waals surface area contributed by atoms with E-state index < -0.39 is 17.9 Å². The molecule has 0 fully saturated rings. The molecular weight excluding hydrogens is 598 g/mol. The third-order valence-corrected chi connectivity index (χ3v) is 7.02. The van der Waals surface area contributed by atoms with Gasteiger partial charge in [0.2, 0.25) is 0 Å². The molecule has 0 N–H and O–H groups in total. The molecule has 43 heavy (non-hydrogen) atoms. The first kappa shape index (κ1) is 32.7. The van der Waals surface area contributed by atoms with Crippen LogP contribution in [0, 0.1) is 20.8 Å². The van der Waals surface area contributed by atoms with E-state index in [2.05, 4.69) is 0 Å². The fourth-order valence-corrected chi connectivity index (χ4v) is 4.95. The van der Waals surface area contributed by atoms with E-state index in [1.54, 1.807) is 57.2 Å². The van der Waals surface area contributed by atoms with E-state index in [9.17, 15) is 29.7 Å². The maximum absolute atomic E-state index is 10.9. The topological polar surface area (TPSA) is 120 Å². The Kier molecular flexibility index (Phi) is 10.9. The summed E-state index contributed by atoms with van der Waals surface area (Å²) in [6, 6.07) is 33.3. The van der Waals surface area contributed by atoms with Gasteiger partial charge in [-0.15, -0.1) is 0 Å². The van der Waals surface area contributed by atoms with Gasteiger partial charge in [-0.1, -0.05) is 109 Å². The number of carboxylic acid groups (broad SMARTS) is 3. The molecule has 0 radical (unpaired) electrons. The zero-order valence-electron chi connectivity index (χ0n) is 23.9. The van der Waals surface area contributed by atoms with E-state index in [1.807, 2.05) is 72.8 Å². The number of aromatic carboxylic acids is 3. The predicted octanol–water partition coefficient (Wildman–Crippen LogP) is 4.15. The van der Waals surface area contributed by atoms with Gasteiger partial charge in [0, 0.05) is 16.7 Å². The summed E-state index contributed by atoms with van der Waals surface area (Å²) in [4.78, 5) is 32.8. The van der Waals surface area contributed by atoms with Crippen molar-refractivity contribution >= 4 is 70.0 Å². The molecule has 0 bridgehead atoms. The van der Waals surface area contributed by atoms with Crippen molar-refractivity contribution in [1.29, 1.82) is 0 Å². The van der Waals surface area contributed by atoms with Crippen LogP contribution in [0.5, 0.6) is 0 Å². The number of hydrogen-bond acceptors (Lipinski definition) is 6. The van der Waals surface area contributed by atoms with Gasteiger partial charge in [-0.3, -0.25) is 0 Å². The fraction of sp³-hybridized carbons (Fsp3) is 0.0833. The van der Waals surface area contributed by atoms with Crippen molar-refractivity contribution in [3.63, 3.8) is 0 Å². The molecule has 6 aromatic carbocycles. The molecule has 210 valence electrons. The van der Waals surface area contributed by atoms with Crippen LogP contribution in [0.1, 0.15) is 47.8 Å². The van der Waals surface area contributed by atoms with Crippen LogP contribution < -0.4 is 15.3 Å². The fourth-order valence-electron chi connectivity index (χ4n) is 4.95. The first-order chi connectivity index (χ1) is 20.1. The van der Waals surface area contributed by atoms with E-state index >= 15 is 0 Å². The zero-order valence-corrected chi connectivity index (χ0v) is 26.3. The molecule has 6 rings (SSSR count). The molecule has 0 unspecified atom stereocenters. The van der Waals surface area contributed by atoms with Crippen LogP contribution in [-0.2, 0) is 0 Å². The first-order valence-electron chi connectivity index (χ1n) is 13.2. The van der Waals surface area contributed by atoms with Crippen LogP contribution in [0.3, 0.4) is 0 Å². The predicted molar refractivity (Wildman–Crippen MR) is 165 cm³/mol. The molecule has 0 amide bonds. The summed E-state index contributed by atoms with van der Waals surface area (Å²) in [6.07, 6.45) is 0. The Labute approximate surface area is 262 Å². The quantitative estimate of drug-likeness (QED) is 0.273. The largest absolute Gasteiger partial charge is 3.00 e. The first-order valence-corrected chi connectivity index (χ1v) is 13.2. The maximum Gasteiger partial charge on any atom is 3.00 e. The number of fused-ring (bicyclic) bond motifs is 3. The van der Waals surface area contributed by atoms with Gasteiger partial charge in [0.05, 0.1) is 17.9 Å². The van der Waals surface area contributed by atoms with Crippen molar-refractivity contribution in [3.05, 3.63) is 143 Å². The number of carboxylic acids is 3. The van der Waals surface area contributed by atoms with Crippen molar-refractivity contribution in [3.8, 4) is 0 Å². The van der Waals surface area contributed by atoms with Crippen molar-refractivity contribution in [2.45, 2.75) is 20.8 Å². The van der Waals surface area contributed by atoms with Gasteiger partial charge in [0.25, 0.3) is 0 Å². The third-order valence-electron chi connectivity index (χ3n) is 7.02. The Morgan fingerprint density at radius 1 is 0.395 bits per heavy atom. The second kappa shape index (κ2) is 14.4. The number of benzene rings is 6. The number of rotatable bonds is 3. The molecule has 0 aliphatic heterocycles. The van der Waals surface area contributed by atoms with E-state index in [1.165, 1.54) is 0 Å². The third kappa shape index (κ3) is 7.33. The monoisotopic (exact) mass is 624 g/mol. The Hall–Kier alpha value is -4.85. The van der Waals surface area contributed by atoms with Crippen molar-refractivity contribution < 1.29 is 29.7 Å². The molecule has 0 aliphatic rings. The molecular formula is C36H27GaO6. The van der Waals surface area contributed by atoms with E-state index in [4.69, 9.17) is 0 Å². The molecule has 6 aromatic rings. The molecule has 6 nitrogen and oxygen atoms in total. The summed E-state index contributed by atoms with van der Waals surface area (Å²) in [5.41, 5.74) is 3.10. The smallest absolute Gasteiger partial charge is 0.545 e. The van der Waals surface area contributed by atoms with Crippen molar-refractivity contribution in [2.75, 3.05) is 0 Å². The summed E-state index contributed by atoms with van der Waals surface area (Å²) in [5, 5.41) is 37.8. The minimum absolute atomic E-state index is 0. The Balaban J connectivity index is 0.000000175. The van der Waals surface area contributed by atoms with Crippen LogP contribution >= 0.6 is 0 Å². The van der Waals surface area contributed by atoms with Crippen LogP contribution in [0.15, 0.2) is 109 Å². The van der Waals surface area contributed by atoms with Crippen LogP contribution in [0.25, 0.3) is 32.3 Å². The second-order valence-electron chi connectivity index (χ2n) is 9.80. The molecule has 7 heteroatoms. The van der Waals surface area contributed by atoms with E-state index in [0.29, 0.717) is 16.7 Å². The molecule has 0 saturated heterocycles. The number of carbonyl (C=O) groups is 3. The molecule has 0 heterocycles. The summed E-state index contributed by atoms with van der Waals surface area (Å²) in [7, 11) is 0. The summed E-state index contributed by atoms with van der Waals surface area (Å²) in [5.74, 6) is -3.34. The van der Waals surface area contributed by atoms with Gasteiger partial charge >= 0.3 is 19.8 Å². The van der Waals surface area contributed by atoms with E-state index in [-0.39, 0.29) is 19.8 Å². The van der Waals surface area contributed by atoms with Gasteiger partial charge < -0.3 is 29.7 Å². The summed E-state index contributed by atoms with van der Waals surface area (Å²) < 4.78 is 0. The molecule has 0 aromatic heterocycles. The normalized spacial score (nSPS) is 10.1. The summed E-state index contributed by atoms with van der Waals surface area (Å²) >= 11 is 0. The summed E-state index contributed by atoms with van der Waals surface area (Å²) in [6.45, 7) is 5.33. The minimum Gasteiger partial charge on any atom is -0.545 e. The number of hydrogen-bond donors (Lipinski definition) is 0. The van der Waals surface area contributed by atoms with Crippen molar-refractivity contribution in [2.24, 2.45) is 0 Å². The zero-order chi connectivity index (χ0) is 30.4. The van der Waals surface area contributed by atoms with Crippen molar-refractivity contribution in [1.82, 2.24) is 0 Å². The SMILES string of the molecule is Cc1ccc2ccccc2c1C(=O)[O-].Cc1ccc2ccccc2c1C(=O)[O-].Cc1ccc2ccccc2c1C(=O)[O-].[Ga+3]. The van der Waals surface area contributed by atoms with E-state index in [0.717, 1.165) is 49.0 Å². The number of carbonyl (C=O) groups excluding carboxylic acids is 3. The maximum atomic E-state index is 10.9. The molecule has 0 atom stereocenters. The average Bonchev–Trinajstić information content (AvgIpc) is 2.97. The molecule has 0 spiro atoms. The Bertz CT molecular complexity index is 1740. The molecule has 0 aliphatic carbocycles.